The standard InChI is InChI=1S/C26H25N3O4/c1-33-21-13-11-20(12-14-21)29-17-19(15-24(29)30)25(31)28-23-10-6-5-9-22(23)26(32)27-16-18-7-3-2-4-8-18/h2-14,19H,15-17H2,1H3,(H,27,32)(H,28,31)/t19-/m1/s1. The van der Waals surface area contributed by atoms with Crippen LogP contribution in [0.25, 0.3) is 0 Å². The number of para-hydroxylation sites is 1. The number of hydrogen-bond acceptors (Lipinski definition) is 4. The van der Waals surface area contributed by atoms with Gasteiger partial charge in [0.05, 0.1) is 24.3 Å². The van der Waals surface area contributed by atoms with E-state index in [1.165, 1.54) is 0 Å². The molecule has 3 aromatic rings. The van der Waals surface area contributed by atoms with Crippen molar-refractivity contribution in [2.45, 2.75) is 13.0 Å². The first kappa shape index (κ1) is 22.1. The van der Waals surface area contributed by atoms with Crippen LogP contribution in [0.4, 0.5) is 11.4 Å². The van der Waals surface area contributed by atoms with Gasteiger partial charge in [-0.1, -0.05) is 42.5 Å². The molecule has 2 N–H and O–H groups in total. The number of benzene rings is 3. The van der Waals surface area contributed by atoms with Gasteiger partial charge < -0.3 is 20.3 Å². The number of nitrogens with one attached hydrogen (secondary N) is 2. The maximum Gasteiger partial charge on any atom is 0.253 e. The van der Waals surface area contributed by atoms with Crippen LogP contribution in [-0.2, 0) is 16.1 Å². The lowest BCUT2D eigenvalue weighted by Crippen LogP contribution is -2.29. The van der Waals surface area contributed by atoms with Crippen molar-refractivity contribution in [2.24, 2.45) is 5.92 Å². The van der Waals surface area contributed by atoms with Crippen LogP contribution in [-0.4, -0.2) is 31.4 Å². The van der Waals surface area contributed by atoms with Crippen LogP contribution in [0, 0.1) is 5.92 Å². The Bertz CT molecular complexity index is 1150. The summed E-state index contributed by atoms with van der Waals surface area (Å²) in [5, 5.41) is 5.72. The number of methoxy groups -OCH3 is 1. The second kappa shape index (κ2) is 9.99. The quantitative estimate of drug-likeness (QED) is 0.584. The van der Waals surface area contributed by atoms with Crippen LogP contribution < -0.4 is 20.3 Å². The highest BCUT2D eigenvalue weighted by Crippen LogP contribution is 2.28. The van der Waals surface area contributed by atoms with Crippen molar-refractivity contribution in [1.82, 2.24) is 5.32 Å². The van der Waals surface area contributed by atoms with Gasteiger partial charge in [-0.3, -0.25) is 14.4 Å². The van der Waals surface area contributed by atoms with Crippen molar-refractivity contribution in [2.75, 3.05) is 23.9 Å². The molecule has 7 heteroatoms. The minimum atomic E-state index is -0.514. The maximum absolute atomic E-state index is 13.0. The molecule has 1 aliphatic heterocycles. The van der Waals surface area contributed by atoms with E-state index in [1.54, 1.807) is 60.5 Å². The van der Waals surface area contributed by atoms with Crippen molar-refractivity contribution >= 4 is 29.1 Å². The molecule has 0 saturated carbocycles. The summed E-state index contributed by atoms with van der Waals surface area (Å²) < 4.78 is 5.16. The molecule has 1 fully saturated rings. The Hall–Kier alpha value is -4.13. The van der Waals surface area contributed by atoms with Gasteiger partial charge in [-0.05, 0) is 42.0 Å². The predicted molar refractivity (Wildman–Crippen MR) is 126 cm³/mol. The molecule has 33 heavy (non-hydrogen) atoms. The molecule has 0 aliphatic carbocycles. The van der Waals surface area contributed by atoms with E-state index in [-0.39, 0.29) is 30.7 Å². The summed E-state index contributed by atoms with van der Waals surface area (Å²) in [6.07, 6.45) is 0.111. The van der Waals surface area contributed by atoms with Crippen molar-refractivity contribution < 1.29 is 19.1 Å². The molecule has 3 amide bonds. The molecular formula is C26H25N3O4. The molecule has 0 spiro atoms. The second-order valence-electron chi connectivity index (χ2n) is 7.81. The summed E-state index contributed by atoms with van der Waals surface area (Å²) in [7, 11) is 1.58. The fourth-order valence-electron chi connectivity index (χ4n) is 3.79. The predicted octanol–water partition coefficient (Wildman–Crippen LogP) is 3.62. The van der Waals surface area contributed by atoms with Crippen molar-refractivity contribution in [3.8, 4) is 5.75 Å². The summed E-state index contributed by atoms with van der Waals surface area (Å²) in [5.41, 5.74) is 2.49. The van der Waals surface area contributed by atoms with Gasteiger partial charge in [0, 0.05) is 25.2 Å². The third-order valence-corrected chi connectivity index (χ3v) is 5.61. The van der Waals surface area contributed by atoms with Crippen LogP contribution in [0.5, 0.6) is 5.75 Å². The van der Waals surface area contributed by atoms with E-state index in [4.69, 9.17) is 4.74 Å². The summed E-state index contributed by atoms with van der Waals surface area (Å²) in [5.74, 6) is -0.504. The van der Waals surface area contributed by atoms with Gasteiger partial charge in [0.2, 0.25) is 11.8 Å². The van der Waals surface area contributed by atoms with E-state index in [9.17, 15) is 14.4 Å². The van der Waals surface area contributed by atoms with Crippen LogP contribution >= 0.6 is 0 Å². The maximum atomic E-state index is 13.0. The van der Waals surface area contributed by atoms with Gasteiger partial charge >= 0.3 is 0 Å². The summed E-state index contributed by atoms with van der Waals surface area (Å²) in [6, 6.07) is 23.6. The Labute approximate surface area is 192 Å². The summed E-state index contributed by atoms with van der Waals surface area (Å²) in [6.45, 7) is 0.662. The van der Waals surface area contributed by atoms with Crippen LogP contribution in [0.2, 0.25) is 0 Å². The lowest BCUT2D eigenvalue weighted by Gasteiger charge is -2.17. The first-order valence-corrected chi connectivity index (χ1v) is 10.7. The van der Waals surface area contributed by atoms with E-state index >= 15 is 0 Å². The highest BCUT2D eigenvalue weighted by Gasteiger charge is 2.35. The van der Waals surface area contributed by atoms with Crippen LogP contribution in [0.15, 0.2) is 78.9 Å². The highest BCUT2D eigenvalue weighted by molar-refractivity contribution is 6.07. The number of amides is 3. The van der Waals surface area contributed by atoms with Gasteiger partial charge in [-0.2, -0.15) is 0 Å². The van der Waals surface area contributed by atoms with Crippen LogP contribution in [0.3, 0.4) is 0 Å². The topological polar surface area (TPSA) is 87.7 Å². The normalized spacial score (nSPS) is 15.2. The zero-order chi connectivity index (χ0) is 23.2. The molecule has 0 aromatic heterocycles. The molecular weight excluding hydrogens is 418 g/mol. The molecule has 1 aliphatic rings. The van der Waals surface area contributed by atoms with Crippen molar-refractivity contribution in [3.63, 3.8) is 0 Å². The van der Waals surface area contributed by atoms with E-state index in [2.05, 4.69) is 10.6 Å². The van der Waals surface area contributed by atoms with Crippen molar-refractivity contribution in [3.05, 3.63) is 90.0 Å². The molecule has 7 nitrogen and oxygen atoms in total. The molecule has 1 saturated heterocycles. The Morgan fingerprint density at radius 1 is 0.970 bits per heavy atom. The Morgan fingerprint density at radius 2 is 1.67 bits per heavy atom. The third-order valence-electron chi connectivity index (χ3n) is 5.61. The number of nitrogens with zero attached hydrogens (tertiary/aromatic N) is 1. The van der Waals surface area contributed by atoms with E-state index in [0.717, 1.165) is 11.3 Å². The minimum absolute atomic E-state index is 0.111. The molecule has 0 bridgehead atoms. The Morgan fingerprint density at radius 3 is 2.39 bits per heavy atom. The smallest absolute Gasteiger partial charge is 0.253 e. The molecule has 0 unspecified atom stereocenters. The third kappa shape index (κ3) is 5.20. The lowest BCUT2D eigenvalue weighted by atomic mass is 10.1. The van der Waals surface area contributed by atoms with E-state index in [1.807, 2.05) is 30.3 Å². The van der Waals surface area contributed by atoms with Gasteiger partial charge in [0.25, 0.3) is 5.91 Å². The zero-order valence-electron chi connectivity index (χ0n) is 18.3. The fraction of sp³-hybridized carbons (Fsp3) is 0.192. The second-order valence-corrected chi connectivity index (χ2v) is 7.81. The monoisotopic (exact) mass is 443 g/mol. The molecule has 168 valence electrons. The number of hydrogen-bond donors (Lipinski definition) is 2. The van der Waals surface area contributed by atoms with Gasteiger partial charge in [-0.15, -0.1) is 0 Å². The van der Waals surface area contributed by atoms with E-state index < -0.39 is 5.92 Å². The number of anilines is 2. The molecule has 3 aromatic carbocycles. The summed E-state index contributed by atoms with van der Waals surface area (Å²) >= 11 is 0. The number of rotatable bonds is 7. The van der Waals surface area contributed by atoms with E-state index in [0.29, 0.717) is 23.5 Å². The highest BCUT2D eigenvalue weighted by atomic mass is 16.5. The average molecular weight is 444 g/mol. The first-order chi connectivity index (χ1) is 16.0. The number of ether oxygens (including phenoxy) is 1. The molecule has 1 atom stereocenters. The summed E-state index contributed by atoms with van der Waals surface area (Å²) in [4.78, 5) is 39.8. The largest absolute Gasteiger partial charge is 0.497 e. The zero-order valence-corrected chi connectivity index (χ0v) is 18.3. The van der Waals surface area contributed by atoms with Gasteiger partial charge in [-0.25, -0.2) is 0 Å². The minimum Gasteiger partial charge on any atom is -0.497 e. The SMILES string of the molecule is COc1ccc(N2C[C@H](C(=O)Nc3ccccc3C(=O)NCc3ccccc3)CC2=O)cc1. The number of carbonyl (C=O) groups is 3. The first-order valence-electron chi connectivity index (χ1n) is 10.7. The van der Waals surface area contributed by atoms with Gasteiger partial charge in [0.15, 0.2) is 0 Å². The fourth-order valence-corrected chi connectivity index (χ4v) is 3.79. The average Bonchev–Trinajstić information content (AvgIpc) is 3.25. The molecule has 1 heterocycles. The number of carbonyl (C=O) groups excluding carboxylic acids is 3. The molecule has 4 rings (SSSR count). The Kier molecular flexibility index (Phi) is 6.69. The molecule has 0 radical (unpaired) electrons. The van der Waals surface area contributed by atoms with Crippen molar-refractivity contribution in [1.29, 1.82) is 0 Å². The lowest BCUT2D eigenvalue weighted by molar-refractivity contribution is -0.122. The van der Waals surface area contributed by atoms with Gasteiger partial charge in [0.1, 0.15) is 5.75 Å². The Balaban J connectivity index is 1.41. The van der Waals surface area contributed by atoms with Crippen LogP contribution in [0.1, 0.15) is 22.3 Å².